The molecule has 1 unspecified atom stereocenters. The number of carbonyl (C=O) groups is 2. The number of aliphatic hydroxyl groups excluding tert-OH is 1. The summed E-state index contributed by atoms with van der Waals surface area (Å²) in [5.41, 5.74) is 3.77. The second kappa shape index (κ2) is 11.6. The Balaban J connectivity index is 1.43. The fourth-order valence-electron chi connectivity index (χ4n) is 5.02. The Morgan fingerprint density at radius 3 is 2.51 bits per heavy atom. The average molecular weight is 616 g/mol. The van der Waals surface area contributed by atoms with Crippen LogP contribution < -0.4 is 9.64 Å². The minimum atomic E-state index is -0.983. The molecule has 1 N–H and O–H groups in total. The van der Waals surface area contributed by atoms with Gasteiger partial charge in [-0.05, 0) is 67.8 Å². The lowest BCUT2D eigenvalue weighted by molar-refractivity contribution is -0.132. The van der Waals surface area contributed by atoms with Crippen molar-refractivity contribution in [2.45, 2.75) is 36.9 Å². The number of ether oxygens (including phenoxy) is 1. The standard InChI is InChI=1S/C31H26FN5O4S2/c1-4-41-22-13-9-20(10-14-22)25-23(26(38)24-18(3)36-15-5-6-17(2)28(36)33-24)27(39)29(40)37(25)30-34-35-31(43-30)42-16-19-7-11-21(32)12-8-19/h5-15,25,38H,4,16H2,1-3H3/b26-23+. The number of hydrogen-bond donors (Lipinski definition) is 1. The van der Waals surface area contributed by atoms with E-state index in [0.717, 1.165) is 22.5 Å². The summed E-state index contributed by atoms with van der Waals surface area (Å²) in [6.07, 6.45) is 1.83. The molecule has 1 saturated heterocycles. The zero-order valence-corrected chi connectivity index (χ0v) is 25.1. The van der Waals surface area contributed by atoms with Crippen molar-refractivity contribution in [2.24, 2.45) is 0 Å². The number of hydrogen-bond acceptors (Lipinski definition) is 9. The molecule has 0 saturated carbocycles. The minimum absolute atomic E-state index is 0.0889. The summed E-state index contributed by atoms with van der Waals surface area (Å²) in [5.74, 6) is -1.21. The van der Waals surface area contributed by atoms with E-state index in [0.29, 0.717) is 39.4 Å². The number of carbonyl (C=O) groups excluding carboxylic acids is 2. The number of anilines is 1. The highest BCUT2D eigenvalue weighted by Crippen LogP contribution is 2.44. The number of aliphatic hydroxyl groups is 1. The molecule has 1 aliphatic heterocycles. The molecular formula is C31H26FN5O4S2. The number of aryl methyl sites for hydroxylation is 2. The van der Waals surface area contributed by atoms with Crippen LogP contribution in [0.1, 0.15) is 41.0 Å². The molecule has 4 heterocycles. The van der Waals surface area contributed by atoms with E-state index in [4.69, 9.17) is 4.74 Å². The van der Waals surface area contributed by atoms with E-state index in [1.165, 1.54) is 28.8 Å². The maximum atomic E-state index is 13.6. The van der Waals surface area contributed by atoms with E-state index >= 15 is 0 Å². The quantitative estimate of drug-likeness (QED) is 0.0717. The Bertz CT molecular complexity index is 1880. The van der Waals surface area contributed by atoms with Gasteiger partial charge in [-0.25, -0.2) is 9.37 Å². The summed E-state index contributed by atoms with van der Waals surface area (Å²) < 4.78 is 21.3. The Labute approximate surface area is 254 Å². The van der Waals surface area contributed by atoms with Crippen LogP contribution in [0.25, 0.3) is 11.4 Å². The van der Waals surface area contributed by atoms with Crippen molar-refractivity contribution in [3.05, 3.63) is 106 Å². The van der Waals surface area contributed by atoms with Crippen LogP contribution in [0.2, 0.25) is 0 Å². The Kier molecular flexibility index (Phi) is 7.72. The lowest BCUT2D eigenvalue weighted by atomic mass is 9.96. The van der Waals surface area contributed by atoms with Crippen LogP contribution >= 0.6 is 23.1 Å². The third kappa shape index (κ3) is 5.28. The van der Waals surface area contributed by atoms with E-state index < -0.39 is 17.7 Å². The fraction of sp³-hybridized carbons (Fsp3) is 0.194. The lowest BCUT2D eigenvalue weighted by Gasteiger charge is -2.22. The van der Waals surface area contributed by atoms with Gasteiger partial charge in [0.25, 0.3) is 5.78 Å². The Hall–Kier alpha value is -4.55. The van der Waals surface area contributed by atoms with Gasteiger partial charge in [0.2, 0.25) is 5.13 Å². The highest BCUT2D eigenvalue weighted by atomic mass is 32.2. The fourth-order valence-corrected chi connectivity index (χ4v) is 6.84. The molecule has 218 valence electrons. The smallest absolute Gasteiger partial charge is 0.301 e. The predicted octanol–water partition coefficient (Wildman–Crippen LogP) is 6.26. The maximum Gasteiger partial charge on any atom is 0.301 e. The zero-order chi connectivity index (χ0) is 30.2. The van der Waals surface area contributed by atoms with E-state index in [1.807, 2.05) is 36.6 Å². The van der Waals surface area contributed by atoms with Gasteiger partial charge >= 0.3 is 5.91 Å². The molecule has 0 bridgehead atoms. The molecule has 1 aliphatic rings. The third-order valence-electron chi connectivity index (χ3n) is 7.14. The van der Waals surface area contributed by atoms with Crippen LogP contribution in [-0.4, -0.2) is 43.0 Å². The van der Waals surface area contributed by atoms with E-state index in [1.54, 1.807) is 43.3 Å². The summed E-state index contributed by atoms with van der Waals surface area (Å²) in [5, 5.41) is 20.4. The van der Waals surface area contributed by atoms with E-state index in [2.05, 4.69) is 15.2 Å². The molecule has 0 aliphatic carbocycles. The molecule has 1 amide bonds. The van der Waals surface area contributed by atoms with Crippen LogP contribution in [0.3, 0.4) is 0 Å². The first-order chi connectivity index (χ1) is 20.8. The lowest BCUT2D eigenvalue weighted by Crippen LogP contribution is -2.29. The van der Waals surface area contributed by atoms with Crippen molar-refractivity contribution in [1.29, 1.82) is 0 Å². The van der Waals surface area contributed by atoms with Gasteiger partial charge in [-0.15, -0.1) is 10.2 Å². The number of ketones is 1. The van der Waals surface area contributed by atoms with Crippen LogP contribution in [0.4, 0.5) is 9.52 Å². The van der Waals surface area contributed by atoms with Crippen molar-refractivity contribution < 1.29 is 23.8 Å². The van der Waals surface area contributed by atoms with Gasteiger partial charge in [-0.1, -0.05) is 53.4 Å². The largest absolute Gasteiger partial charge is 0.505 e. The third-order valence-corrected chi connectivity index (χ3v) is 9.26. The van der Waals surface area contributed by atoms with Crippen LogP contribution in [0, 0.1) is 19.7 Å². The maximum absolute atomic E-state index is 13.6. The minimum Gasteiger partial charge on any atom is -0.505 e. The number of thioether (sulfide) groups is 1. The molecule has 5 aromatic rings. The number of halogens is 1. The number of aromatic nitrogens is 4. The van der Waals surface area contributed by atoms with E-state index in [-0.39, 0.29) is 28.0 Å². The number of pyridine rings is 1. The average Bonchev–Trinajstić information content (AvgIpc) is 3.68. The van der Waals surface area contributed by atoms with Gasteiger partial charge in [0.05, 0.1) is 23.9 Å². The van der Waals surface area contributed by atoms with Crippen molar-refractivity contribution in [2.75, 3.05) is 11.5 Å². The molecule has 12 heteroatoms. The zero-order valence-electron chi connectivity index (χ0n) is 23.4. The van der Waals surface area contributed by atoms with Gasteiger partial charge in [0, 0.05) is 11.9 Å². The number of benzene rings is 2. The Morgan fingerprint density at radius 2 is 1.81 bits per heavy atom. The number of nitrogens with zero attached hydrogens (tertiary/aromatic N) is 5. The molecule has 2 aromatic carbocycles. The number of Topliss-reactive ketones (excluding diaryl/α,β-unsaturated/α-hetero) is 1. The SMILES string of the molecule is CCOc1ccc(C2/C(=C(\O)c3nc4c(C)cccn4c3C)C(=O)C(=O)N2c2nnc(SCc3ccc(F)cc3)s2)cc1. The summed E-state index contributed by atoms with van der Waals surface area (Å²) in [4.78, 5) is 33.2. The van der Waals surface area contributed by atoms with Crippen LogP contribution in [-0.2, 0) is 15.3 Å². The second-order valence-electron chi connectivity index (χ2n) is 9.87. The van der Waals surface area contributed by atoms with Crippen molar-refractivity contribution in [1.82, 2.24) is 19.6 Å². The number of rotatable bonds is 8. The van der Waals surface area contributed by atoms with Gasteiger partial charge in [-0.2, -0.15) is 0 Å². The van der Waals surface area contributed by atoms with Gasteiger partial charge < -0.3 is 14.2 Å². The first-order valence-electron chi connectivity index (χ1n) is 13.5. The molecule has 6 rings (SSSR count). The highest BCUT2D eigenvalue weighted by Gasteiger charge is 2.49. The predicted molar refractivity (Wildman–Crippen MR) is 163 cm³/mol. The van der Waals surface area contributed by atoms with Gasteiger partial charge in [0.1, 0.15) is 22.9 Å². The summed E-state index contributed by atoms with van der Waals surface area (Å²) in [6.45, 7) is 6.06. The summed E-state index contributed by atoms with van der Waals surface area (Å²) >= 11 is 2.54. The van der Waals surface area contributed by atoms with Gasteiger partial charge in [0.15, 0.2) is 10.1 Å². The monoisotopic (exact) mass is 615 g/mol. The first kappa shape index (κ1) is 28.6. The van der Waals surface area contributed by atoms with E-state index in [9.17, 15) is 19.1 Å². The number of fused-ring (bicyclic) bond motifs is 1. The van der Waals surface area contributed by atoms with Crippen LogP contribution in [0.5, 0.6) is 5.75 Å². The van der Waals surface area contributed by atoms with Crippen molar-refractivity contribution in [3.8, 4) is 5.75 Å². The topological polar surface area (TPSA) is 110 Å². The molecule has 1 fully saturated rings. The van der Waals surface area contributed by atoms with Crippen molar-refractivity contribution in [3.63, 3.8) is 0 Å². The molecule has 0 radical (unpaired) electrons. The summed E-state index contributed by atoms with van der Waals surface area (Å²) in [6, 6.07) is 16.0. The molecule has 43 heavy (non-hydrogen) atoms. The van der Waals surface area contributed by atoms with Gasteiger partial charge in [-0.3, -0.25) is 14.5 Å². The normalized spacial score (nSPS) is 16.4. The molecule has 1 atom stereocenters. The molecule has 0 spiro atoms. The molecular weight excluding hydrogens is 590 g/mol. The van der Waals surface area contributed by atoms with Crippen molar-refractivity contribution >= 4 is 51.3 Å². The second-order valence-corrected chi connectivity index (χ2v) is 12.0. The Morgan fingerprint density at radius 1 is 1.07 bits per heavy atom. The number of amides is 1. The summed E-state index contributed by atoms with van der Waals surface area (Å²) in [7, 11) is 0. The first-order valence-corrected chi connectivity index (χ1v) is 15.3. The highest BCUT2D eigenvalue weighted by molar-refractivity contribution is 8.00. The van der Waals surface area contributed by atoms with Crippen LogP contribution in [0.15, 0.2) is 76.8 Å². The molecule has 9 nitrogen and oxygen atoms in total. The number of imidazole rings is 1. The molecule has 3 aromatic heterocycles.